The summed E-state index contributed by atoms with van der Waals surface area (Å²) < 4.78 is 70.5. The summed E-state index contributed by atoms with van der Waals surface area (Å²) in [4.78, 5) is -1.04. The molecule has 0 saturated heterocycles. The molecule has 3 N–H and O–H groups in total. The number of hydrogen-bond acceptors (Lipinski definition) is 5. The maximum absolute atomic E-state index is 12.6. The number of phenolic OH excluding ortho intramolecular Hbond substituents is 1. The first kappa shape index (κ1) is 28.9. The topological polar surface area (TPSA) is 129 Å². The predicted molar refractivity (Wildman–Crippen MR) is 152 cm³/mol. The fourth-order valence-electron chi connectivity index (χ4n) is 12.5. The van der Waals surface area contributed by atoms with Gasteiger partial charge in [0.15, 0.2) is 0 Å². The molecule has 0 amide bonds. The average Bonchev–Trinajstić information content (AvgIpc) is 3.10. The molecule has 0 spiro atoms. The van der Waals surface area contributed by atoms with Gasteiger partial charge < -0.3 is 5.11 Å². The van der Waals surface area contributed by atoms with E-state index in [2.05, 4.69) is 34.6 Å². The van der Waals surface area contributed by atoms with Gasteiger partial charge >= 0.3 is 0 Å². The van der Waals surface area contributed by atoms with Crippen molar-refractivity contribution in [3.63, 3.8) is 0 Å². The van der Waals surface area contributed by atoms with Gasteiger partial charge in [0.1, 0.15) is 15.5 Å². The van der Waals surface area contributed by atoms with Crippen molar-refractivity contribution in [1.82, 2.24) is 0 Å². The molecule has 5 aliphatic carbocycles. The van der Waals surface area contributed by atoms with Crippen molar-refractivity contribution in [2.45, 2.75) is 121 Å². The van der Waals surface area contributed by atoms with E-state index in [0.29, 0.717) is 36.0 Å². The molecule has 4 fully saturated rings. The molecule has 40 heavy (non-hydrogen) atoms. The van der Waals surface area contributed by atoms with Crippen molar-refractivity contribution in [2.24, 2.45) is 45.3 Å². The molecule has 7 nitrogen and oxygen atoms in total. The van der Waals surface area contributed by atoms with Gasteiger partial charge in [-0.15, -0.1) is 0 Å². The fourth-order valence-corrected chi connectivity index (χ4v) is 14.2. The standard InChI is InChI=1S/C31H46O7S2/c1-27(2)11-7-12-28(3)21(27)8-13-29(4)22(28)9-14-30(5)23(29)10-15-31(6)24(30)16-18-20(39(33,34)35)17-19(32)26(25(18)31)40(36,37)38/h17,21-24,32H,7-16H2,1-6H3,(H,33,34,35)(H,36,37,38)/t21-,22+,23+,24-,28-,29+,30+,31-/m0/s1. The van der Waals surface area contributed by atoms with E-state index in [1.807, 2.05) is 6.92 Å². The number of benzene rings is 1. The van der Waals surface area contributed by atoms with E-state index in [9.17, 15) is 31.0 Å². The van der Waals surface area contributed by atoms with Crippen LogP contribution in [0.4, 0.5) is 0 Å². The van der Waals surface area contributed by atoms with Gasteiger partial charge in [-0.25, -0.2) is 0 Å². The Morgan fingerprint density at radius 1 is 0.700 bits per heavy atom. The molecule has 0 unspecified atom stereocenters. The fraction of sp³-hybridized carbons (Fsp3) is 0.806. The zero-order chi connectivity index (χ0) is 29.5. The van der Waals surface area contributed by atoms with E-state index in [1.54, 1.807) is 0 Å². The molecule has 9 heteroatoms. The Morgan fingerprint density at radius 3 is 1.80 bits per heavy atom. The van der Waals surface area contributed by atoms with Crippen LogP contribution in [0.15, 0.2) is 15.9 Å². The van der Waals surface area contributed by atoms with Gasteiger partial charge in [-0.1, -0.05) is 48.0 Å². The third-order valence-corrected chi connectivity index (χ3v) is 15.6. The predicted octanol–water partition coefficient (Wildman–Crippen LogP) is 6.77. The molecule has 4 saturated carbocycles. The normalized spacial score (nSPS) is 44.1. The van der Waals surface area contributed by atoms with Gasteiger partial charge in [0.25, 0.3) is 20.2 Å². The third kappa shape index (κ3) is 3.59. The number of fused-ring (bicyclic) bond motifs is 9. The van der Waals surface area contributed by atoms with Crippen LogP contribution in [0.2, 0.25) is 0 Å². The van der Waals surface area contributed by atoms with Crippen LogP contribution in [0.5, 0.6) is 5.75 Å². The van der Waals surface area contributed by atoms with Crippen molar-refractivity contribution in [2.75, 3.05) is 0 Å². The molecule has 0 bridgehead atoms. The van der Waals surface area contributed by atoms with Crippen molar-refractivity contribution in [3.05, 3.63) is 17.2 Å². The zero-order valence-corrected chi connectivity index (χ0v) is 26.4. The second-order valence-corrected chi connectivity index (χ2v) is 18.6. The largest absolute Gasteiger partial charge is 0.506 e. The minimum absolute atomic E-state index is 0.0809. The van der Waals surface area contributed by atoms with E-state index in [4.69, 9.17) is 0 Å². The highest BCUT2D eigenvalue weighted by atomic mass is 32.2. The van der Waals surface area contributed by atoms with E-state index < -0.39 is 41.2 Å². The van der Waals surface area contributed by atoms with Crippen LogP contribution in [0.25, 0.3) is 0 Å². The highest BCUT2D eigenvalue weighted by Crippen LogP contribution is 2.76. The molecule has 224 valence electrons. The van der Waals surface area contributed by atoms with E-state index in [1.165, 1.54) is 32.1 Å². The van der Waals surface area contributed by atoms with Crippen LogP contribution in [0.1, 0.15) is 110 Å². The Morgan fingerprint density at radius 2 is 1.23 bits per heavy atom. The Bertz CT molecular complexity index is 1500. The van der Waals surface area contributed by atoms with Crippen LogP contribution >= 0.6 is 0 Å². The summed E-state index contributed by atoms with van der Waals surface area (Å²) in [6.45, 7) is 14.3. The van der Waals surface area contributed by atoms with Crippen molar-refractivity contribution in [1.29, 1.82) is 0 Å². The lowest BCUT2D eigenvalue weighted by Crippen LogP contribution is -2.64. The van der Waals surface area contributed by atoms with E-state index in [-0.39, 0.29) is 33.3 Å². The number of phenols is 1. The van der Waals surface area contributed by atoms with Crippen LogP contribution in [0, 0.1) is 45.3 Å². The molecule has 5 aliphatic rings. The summed E-state index contributed by atoms with van der Waals surface area (Å²) in [6.07, 6.45) is 10.1. The minimum atomic E-state index is -4.85. The summed E-state index contributed by atoms with van der Waals surface area (Å²) in [5, 5.41) is 10.7. The highest BCUT2D eigenvalue weighted by Gasteiger charge is 2.69. The number of aromatic hydroxyl groups is 1. The molecule has 1 aromatic carbocycles. The Kier molecular flexibility index (Phi) is 5.98. The Balaban J connectivity index is 1.48. The summed E-state index contributed by atoms with van der Waals surface area (Å²) in [7, 11) is -9.58. The molecule has 0 heterocycles. The van der Waals surface area contributed by atoms with Crippen molar-refractivity contribution < 1.29 is 31.0 Å². The molecular formula is C31H46O7S2. The van der Waals surface area contributed by atoms with Gasteiger partial charge in [0.05, 0.1) is 0 Å². The lowest BCUT2D eigenvalue weighted by Gasteiger charge is -2.71. The minimum Gasteiger partial charge on any atom is -0.506 e. The maximum atomic E-state index is 12.6. The molecule has 0 aliphatic heterocycles. The summed E-state index contributed by atoms with van der Waals surface area (Å²) >= 11 is 0. The monoisotopic (exact) mass is 594 g/mol. The Hall–Kier alpha value is -1.16. The van der Waals surface area contributed by atoms with Crippen LogP contribution < -0.4 is 0 Å². The smallest absolute Gasteiger partial charge is 0.298 e. The van der Waals surface area contributed by atoms with Crippen LogP contribution in [0.3, 0.4) is 0 Å². The van der Waals surface area contributed by atoms with Crippen molar-refractivity contribution >= 4 is 20.2 Å². The number of hydrogen-bond donors (Lipinski definition) is 3. The summed E-state index contributed by atoms with van der Waals surface area (Å²) in [5.41, 5.74) is 0.227. The maximum Gasteiger partial charge on any atom is 0.298 e. The molecule has 8 atom stereocenters. The van der Waals surface area contributed by atoms with Gasteiger partial charge in [-0.2, -0.15) is 16.8 Å². The average molecular weight is 595 g/mol. The first-order chi connectivity index (χ1) is 18.2. The highest BCUT2D eigenvalue weighted by molar-refractivity contribution is 7.86. The van der Waals surface area contributed by atoms with Gasteiger partial charge in [-0.05, 0) is 120 Å². The number of rotatable bonds is 2. The second kappa shape index (κ2) is 8.26. The zero-order valence-electron chi connectivity index (χ0n) is 24.7. The van der Waals surface area contributed by atoms with Gasteiger partial charge in [0.2, 0.25) is 0 Å². The van der Waals surface area contributed by atoms with E-state index in [0.717, 1.165) is 25.3 Å². The summed E-state index contributed by atoms with van der Waals surface area (Å²) in [5.74, 6) is 0.798. The van der Waals surface area contributed by atoms with Gasteiger partial charge in [-0.3, -0.25) is 9.11 Å². The van der Waals surface area contributed by atoms with Crippen molar-refractivity contribution in [3.8, 4) is 5.75 Å². The molecule has 0 radical (unpaired) electrons. The van der Waals surface area contributed by atoms with Gasteiger partial charge in [0, 0.05) is 6.07 Å². The SMILES string of the molecule is CC1(C)CCC[C@]2(C)[C@H]3CC[C@]4(C)[C@H](CC[C@]5(C)c6c(c(S(=O)(=O)O)cc(O)c6S(=O)(=O)O)C[C@@H]45)[C@]3(C)CC[C@@H]12. The van der Waals surface area contributed by atoms with E-state index >= 15 is 0 Å². The summed E-state index contributed by atoms with van der Waals surface area (Å²) in [6, 6.07) is 0.795. The first-order valence-corrected chi connectivity index (χ1v) is 17.9. The molecular weight excluding hydrogens is 548 g/mol. The van der Waals surface area contributed by atoms with Crippen LogP contribution in [-0.4, -0.2) is 31.0 Å². The lowest BCUT2D eigenvalue weighted by atomic mass is 9.34. The molecule has 0 aromatic heterocycles. The van der Waals surface area contributed by atoms with Crippen LogP contribution in [-0.2, 0) is 32.1 Å². The molecule has 1 aromatic rings. The second-order valence-electron chi connectivity index (χ2n) is 15.8. The third-order valence-electron chi connectivity index (χ3n) is 13.8. The lowest BCUT2D eigenvalue weighted by molar-refractivity contribution is -0.216. The first-order valence-electron chi connectivity index (χ1n) is 15.1. The molecule has 6 rings (SSSR count). The Labute approximate surface area is 240 Å². The quantitative estimate of drug-likeness (QED) is 0.322.